The third-order valence-electron chi connectivity index (χ3n) is 6.18. The molecule has 0 unspecified atom stereocenters. The number of nitrogens with one attached hydrogen (secondary N) is 2. The van der Waals surface area contributed by atoms with Gasteiger partial charge in [-0.15, -0.1) is 24.0 Å². The van der Waals surface area contributed by atoms with Crippen molar-refractivity contribution in [3.05, 3.63) is 53.6 Å². The Morgan fingerprint density at radius 3 is 2.52 bits per heavy atom. The monoisotopic (exact) mass is 567 g/mol. The summed E-state index contributed by atoms with van der Waals surface area (Å²) in [5.74, 6) is 3.35. The Labute approximate surface area is 213 Å². The largest absolute Gasteiger partial charge is 0.497 e. The lowest BCUT2D eigenvalue weighted by Gasteiger charge is -2.36. The minimum absolute atomic E-state index is 0. The van der Waals surface area contributed by atoms with E-state index in [2.05, 4.69) is 41.8 Å². The Morgan fingerprint density at radius 1 is 1.03 bits per heavy atom. The molecule has 0 bridgehead atoms. The van der Waals surface area contributed by atoms with E-state index in [4.69, 9.17) is 23.9 Å². The zero-order valence-electron chi connectivity index (χ0n) is 19.4. The highest BCUT2D eigenvalue weighted by Crippen LogP contribution is 2.41. The third kappa shape index (κ3) is 6.44. The standard InChI is InChI=1S/C25H33N3O4.HI/c1-3-26-24(27-13-10-19-4-7-21(29-2)8-5-19)28-17-25(11-14-30-15-12-25)20-6-9-22-23(16-20)32-18-31-22;/h4-9,16H,3,10-15,17-18H2,1-2H3,(H2,26,27,28);1H. The summed E-state index contributed by atoms with van der Waals surface area (Å²) < 4.78 is 22.0. The van der Waals surface area contributed by atoms with Crippen LogP contribution in [0.4, 0.5) is 0 Å². The molecule has 0 amide bonds. The normalized spacial score (nSPS) is 16.6. The van der Waals surface area contributed by atoms with Crippen LogP contribution in [0.25, 0.3) is 0 Å². The SMILES string of the molecule is CCNC(=NCC1(c2ccc3c(c2)OCO3)CCOCC1)NCCc1ccc(OC)cc1.I. The van der Waals surface area contributed by atoms with Crippen LogP contribution >= 0.6 is 24.0 Å². The lowest BCUT2D eigenvalue weighted by Crippen LogP contribution is -2.41. The van der Waals surface area contributed by atoms with Crippen LogP contribution in [0, 0.1) is 0 Å². The Morgan fingerprint density at radius 2 is 1.79 bits per heavy atom. The molecule has 7 nitrogen and oxygen atoms in total. The first-order chi connectivity index (χ1) is 15.7. The van der Waals surface area contributed by atoms with Gasteiger partial charge in [0.15, 0.2) is 17.5 Å². The van der Waals surface area contributed by atoms with Crippen molar-refractivity contribution in [2.75, 3.05) is 46.8 Å². The van der Waals surface area contributed by atoms with Crippen LogP contribution in [0.5, 0.6) is 17.2 Å². The van der Waals surface area contributed by atoms with Crippen molar-refractivity contribution in [3.63, 3.8) is 0 Å². The van der Waals surface area contributed by atoms with Gasteiger partial charge in [0, 0.05) is 31.7 Å². The Bertz CT molecular complexity index is 914. The number of hydrogen-bond donors (Lipinski definition) is 2. The lowest BCUT2D eigenvalue weighted by atomic mass is 9.74. The molecule has 2 N–H and O–H groups in total. The Balaban J connectivity index is 0.00000306. The fraction of sp³-hybridized carbons (Fsp3) is 0.480. The zero-order chi connectivity index (χ0) is 22.2. The van der Waals surface area contributed by atoms with E-state index in [1.54, 1.807) is 7.11 Å². The van der Waals surface area contributed by atoms with Crippen molar-refractivity contribution in [2.45, 2.75) is 31.6 Å². The summed E-state index contributed by atoms with van der Waals surface area (Å²) in [7, 11) is 1.69. The molecule has 0 aromatic heterocycles. The zero-order valence-corrected chi connectivity index (χ0v) is 21.7. The maximum atomic E-state index is 5.68. The minimum Gasteiger partial charge on any atom is -0.497 e. The van der Waals surface area contributed by atoms with Crippen molar-refractivity contribution in [2.24, 2.45) is 4.99 Å². The first-order valence-corrected chi connectivity index (χ1v) is 11.4. The first kappa shape index (κ1) is 25.4. The van der Waals surface area contributed by atoms with E-state index in [-0.39, 0.29) is 36.2 Å². The van der Waals surface area contributed by atoms with Gasteiger partial charge in [0.2, 0.25) is 6.79 Å². The van der Waals surface area contributed by atoms with Crippen molar-refractivity contribution in [1.29, 1.82) is 0 Å². The quantitative estimate of drug-likeness (QED) is 0.287. The molecule has 2 aliphatic rings. The van der Waals surface area contributed by atoms with E-state index in [1.807, 2.05) is 18.2 Å². The maximum Gasteiger partial charge on any atom is 0.231 e. The number of rotatable bonds is 8. The third-order valence-corrected chi connectivity index (χ3v) is 6.18. The van der Waals surface area contributed by atoms with Crippen molar-refractivity contribution < 1.29 is 18.9 Å². The molecule has 0 radical (unpaired) electrons. The lowest BCUT2D eigenvalue weighted by molar-refractivity contribution is 0.0530. The molecule has 33 heavy (non-hydrogen) atoms. The van der Waals surface area contributed by atoms with Gasteiger partial charge in [0.05, 0.1) is 13.7 Å². The molecule has 1 saturated heterocycles. The molecule has 180 valence electrons. The molecule has 0 aliphatic carbocycles. The van der Waals surface area contributed by atoms with Gasteiger partial charge >= 0.3 is 0 Å². The molecule has 8 heteroatoms. The number of methoxy groups -OCH3 is 1. The molecule has 0 atom stereocenters. The second-order valence-electron chi connectivity index (χ2n) is 8.18. The fourth-order valence-electron chi connectivity index (χ4n) is 4.22. The smallest absolute Gasteiger partial charge is 0.231 e. The van der Waals surface area contributed by atoms with Crippen molar-refractivity contribution in [3.8, 4) is 17.2 Å². The second-order valence-corrected chi connectivity index (χ2v) is 8.18. The van der Waals surface area contributed by atoms with Crippen molar-refractivity contribution in [1.82, 2.24) is 10.6 Å². The van der Waals surface area contributed by atoms with Gasteiger partial charge in [0.1, 0.15) is 5.75 Å². The fourth-order valence-corrected chi connectivity index (χ4v) is 4.22. The number of benzene rings is 2. The van der Waals surface area contributed by atoms with Crippen LogP contribution in [-0.2, 0) is 16.6 Å². The highest BCUT2D eigenvalue weighted by molar-refractivity contribution is 14.0. The number of halogens is 1. The van der Waals surface area contributed by atoms with Gasteiger partial charge in [-0.3, -0.25) is 4.99 Å². The topological polar surface area (TPSA) is 73.3 Å². The summed E-state index contributed by atoms with van der Waals surface area (Å²) in [5.41, 5.74) is 2.43. The van der Waals surface area contributed by atoms with Crippen LogP contribution in [0.1, 0.15) is 30.9 Å². The molecule has 2 aliphatic heterocycles. The number of hydrogen-bond acceptors (Lipinski definition) is 5. The van der Waals surface area contributed by atoms with Gasteiger partial charge in [-0.2, -0.15) is 0 Å². The molecule has 2 aromatic carbocycles. The summed E-state index contributed by atoms with van der Waals surface area (Å²) in [6, 6.07) is 14.5. The maximum absolute atomic E-state index is 5.68. The summed E-state index contributed by atoms with van der Waals surface area (Å²) >= 11 is 0. The number of fused-ring (bicyclic) bond motifs is 1. The van der Waals surface area contributed by atoms with Gasteiger partial charge in [-0.1, -0.05) is 18.2 Å². The molecule has 4 rings (SSSR count). The van der Waals surface area contributed by atoms with Crippen LogP contribution in [0.15, 0.2) is 47.5 Å². The van der Waals surface area contributed by atoms with Gasteiger partial charge < -0.3 is 29.6 Å². The predicted molar refractivity (Wildman–Crippen MR) is 140 cm³/mol. The predicted octanol–water partition coefficient (Wildman–Crippen LogP) is 3.89. The number of aliphatic imine (C=N–C) groups is 1. The molecular formula is C25H34IN3O4. The Hall–Kier alpha value is -2.20. The van der Waals surface area contributed by atoms with E-state index in [9.17, 15) is 0 Å². The van der Waals surface area contributed by atoms with Gasteiger partial charge in [0.25, 0.3) is 0 Å². The Kier molecular flexibility index (Phi) is 9.49. The number of ether oxygens (including phenoxy) is 4. The highest BCUT2D eigenvalue weighted by atomic mass is 127. The number of nitrogens with zero attached hydrogens (tertiary/aromatic N) is 1. The molecule has 2 aromatic rings. The van der Waals surface area contributed by atoms with E-state index >= 15 is 0 Å². The van der Waals surface area contributed by atoms with Crippen LogP contribution in [0.2, 0.25) is 0 Å². The van der Waals surface area contributed by atoms with Crippen LogP contribution < -0.4 is 24.8 Å². The second kappa shape index (κ2) is 12.3. The number of guanidine groups is 1. The molecule has 0 spiro atoms. The van der Waals surface area contributed by atoms with E-state index in [0.717, 1.165) is 68.8 Å². The van der Waals surface area contributed by atoms with Crippen LogP contribution in [0.3, 0.4) is 0 Å². The molecular weight excluding hydrogens is 533 g/mol. The average Bonchev–Trinajstić information content (AvgIpc) is 3.32. The van der Waals surface area contributed by atoms with E-state index < -0.39 is 0 Å². The first-order valence-electron chi connectivity index (χ1n) is 11.4. The molecule has 2 heterocycles. The molecule has 1 fully saturated rings. The molecule has 0 saturated carbocycles. The highest BCUT2D eigenvalue weighted by Gasteiger charge is 2.35. The van der Waals surface area contributed by atoms with Crippen LogP contribution in [-0.4, -0.2) is 52.7 Å². The van der Waals surface area contributed by atoms with Crippen molar-refractivity contribution >= 4 is 29.9 Å². The van der Waals surface area contributed by atoms with E-state index in [0.29, 0.717) is 6.54 Å². The average molecular weight is 567 g/mol. The minimum atomic E-state index is -0.0719. The summed E-state index contributed by atoms with van der Waals surface area (Å²) in [5, 5.41) is 6.86. The summed E-state index contributed by atoms with van der Waals surface area (Å²) in [6.45, 7) is 6.16. The van der Waals surface area contributed by atoms with Gasteiger partial charge in [-0.25, -0.2) is 0 Å². The summed E-state index contributed by atoms with van der Waals surface area (Å²) in [6.07, 6.45) is 2.78. The summed E-state index contributed by atoms with van der Waals surface area (Å²) in [4.78, 5) is 4.98. The van der Waals surface area contributed by atoms with E-state index in [1.165, 1.54) is 11.1 Å². The van der Waals surface area contributed by atoms with Gasteiger partial charge in [-0.05, 0) is 61.6 Å².